The Kier molecular flexibility index (Phi) is 5.63. The van der Waals surface area contributed by atoms with E-state index in [0.717, 1.165) is 6.42 Å². The van der Waals surface area contributed by atoms with E-state index < -0.39 is 0 Å². The fraction of sp³-hybridized carbons (Fsp3) is 0.500. The lowest BCUT2D eigenvalue weighted by Crippen LogP contribution is -2.44. The summed E-state index contributed by atoms with van der Waals surface area (Å²) in [5.41, 5.74) is 0.237. The van der Waals surface area contributed by atoms with Gasteiger partial charge in [0.25, 0.3) is 5.91 Å². The molecule has 106 valence electrons. The van der Waals surface area contributed by atoms with E-state index in [1.54, 1.807) is 18.2 Å². The topological polar surface area (TPSA) is 58.6 Å². The third-order valence-corrected chi connectivity index (χ3v) is 3.31. The molecule has 0 atom stereocenters. The second-order valence-electron chi connectivity index (χ2n) is 4.95. The molecule has 5 heteroatoms. The van der Waals surface area contributed by atoms with Gasteiger partial charge in [0, 0.05) is 16.1 Å². The molecule has 1 rings (SSSR count). The summed E-state index contributed by atoms with van der Waals surface area (Å²) in [5.74, 6) is 0.232. The van der Waals surface area contributed by atoms with Crippen LogP contribution >= 0.6 is 11.6 Å². The molecule has 0 aliphatic heterocycles. The molecule has 0 unspecified atom stereocenters. The zero-order chi connectivity index (χ0) is 14.5. The van der Waals surface area contributed by atoms with E-state index in [9.17, 15) is 9.90 Å². The summed E-state index contributed by atoms with van der Waals surface area (Å²) in [4.78, 5) is 11.7. The van der Waals surface area contributed by atoms with Crippen LogP contribution in [-0.2, 0) is 11.4 Å². The number of aliphatic hydroxyl groups is 1. The maximum atomic E-state index is 11.7. The third kappa shape index (κ3) is 4.73. The van der Waals surface area contributed by atoms with E-state index >= 15 is 0 Å². The Bertz CT molecular complexity index is 446. The number of carbonyl (C=O) groups is 1. The van der Waals surface area contributed by atoms with Crippen LogP contribution in [0.3, 0.4) is 0 Å². The molecule has 0 saturated heterocycles. The Morgan fingerprint density at radius 3 is 2.74 bits per heavy atom. The highest BCUT2D eigenvalue weighted by molar-refractivity contribution is 6.31. The minimum Gasteiger partial charge on any atom is -0.483 e. The Hall–Kier alpha value is -1.26. The van der Waals surface area contributed by atoms with Crippen LogP contribution in [0.4, 0.5) is 0 Å². The molecule has 0 heterocycles. The van der Waals surface area contributed by atoms with Gasteiger partial charge in [-0.05, 0) is 32.4 Å². The van der Waals surface area contributed by atoms with Gasteiger partial charge >= 0.3 is 0 Å². The van der Waals surface area contributed by atoms with E-state index in [-0.39, 0.29) is 24.7 Å². The minimum atomic E-state index is -0.255. The normalized spacial score (nSPS) is 11.2. The van der Waals surface area contributed by atoms with Gasteiger partial charge in [-0.3, -0.25) is 4.79 Å². The highest BCUT2D eigenvalue weighted by Gasteiger charge is 2.18. The lowest BCUT2D eigenvalue weighted by molar-refractivity contribution is -0.124. The molecule has 0 aliphatic carbocycles. The van der Waals surface area contributed by atoms with Gasteiger partial charge in [0.1, 0.15) is 5.75 Å². The van der Waals surface area contributed by atoms with Crippen molar-refractivity contribution in [2.45, 2.75) is 39.3 Å². The maximum Gasteiger partial charge on any atom is 0.258 e. The molecule has 1 aromatic rings. The molecule has 0 bridgehead atoms. The summed E-state index contributed by atoms with van der Waals surface area (Å²) in [6.07, 6.45) is 0.831. The number of nitrogens with one attached hydrogen (secondary N) is 1. The van der Waals surface area contributed by atoms with Gasteiger partial charge in [0.15, 0.2) is 6.61 Å². The number of rotatable bonds is 6. The van der Waals surface area contributed by atoms with Crippen molar-refractivity contribution in [3.8, 4) is 5.75 Å². The second-order valence-corrected chi connectivity index (χ2v) is 5.36. The van der Waals surface area contributed by atoms with Crippen LogP contribution in [0.5, 0.6) is 5.75 Å². The largest absolute Gasteiger partial charge is 0.483 e. The highest BCUT2D eigenvalue weighted by Crippen LogP contribution is 2.26. The molecule has 1 aromatic carbocycles. The van der Waals surface area contributed by atoms with Crippen LogP contribution in [-0.4, -0.2) is 23.2 Å². The van der Waals surface area contributed by atoms with Gasteiger partial charge < -0.3 is 15.2 Å². The quantitative estimate of drug-likeness (QED) is 0.844. The number of halogens is 1. The second kappa shape index (κ2) is 6.78. The monoisotopic (exact) mass is 285 g/mol. The summed E-state index contributed by atoms with van der Waals surface area (Å²) in [6, 6.07) is 5.06. The number of hydrogen-bond donors (Lipinski definition) is 2. The fourth-order valence-corrected chi connectivity index (χ4v) is 1.70. The number of amides is 1. The molecule has 0 fully saturated rings. The van der Waals surface area contributed by atoms with Crippen LogP contribution in [0.25, 0.3) is 0 Å². The number of carbonyl (C=O) groups excluding carboxylic acids is 1. The molecule has 0 aromatic heterocycles. The van der Waals surface area contributed by atoms with Crippen LogP contribution in [0.15, 0.2) is 18.2 Å². The lowest BCUT2D eigenvalue weighted by Gasteiger charge is -2.24. The Labute approximate surface area is 118 Å². The summed E-state index contributed by atoms with van der Waals surface area (Å²) in [5, 5.41) is 12.5. The van der Waals surface area contributed by atoms with Crippen molar-refractivity contribution in [2.75, 3.05) is 6.61 Å². The summed E-state index contributed by atoms with van der Waals surface area (Å²) >= 11 is 5.93. The van der Waals surface area contributed by atoms with Gasteiger partial charge in [-0.25, -0.2) is 0 Å². The molecular formula is C14H20ClNO3. The first-order valence-electron chi connectivity index (χ1n) is 6.21. The van der Waals surface area contributed by atoms with Crippen molar-refractivity contribution >= 4 is 17.5 Å². The first-order valence-corrected chi connectivity index (χ1v) is 6.59. The smallest absolute Gasteiger partial charge is 0.258 e. The fourth-order valence-electron chi connectivity index (χ4n) is 1.47. The van der Waals surface area contributed by atoms with E-state index in [0.29, 0.717) is 16.3 Å². The molecular weight excluding hydrogens is 266 g/mol. The standard InChI is InChI=1S/C14H20ClNO3/c1-4-14(2,3)16-13(18)9-19-12-7-5-6-11(15)10(12)8-17/h5-7,17H,4,8-9H2,1-3H3,(H,16,18). The summed E-state index contributed by atoms with van der Waals surface area (Å²) in [6.45, 7) is 5.57. The lowest BCUT2D eigenvalue weighted by atomic mass is 10.0. The third-order valence-electron chi connectivity index (χ3n) is 2.95. The van der Waals surface area contributed by atoms with Crippen LogP contribution < -0.4 is 10.1 Å². The van der Waals surface area contributed by atoms with Crippen molar-refractivity contribution in [2.24, 2.45) is 0 Å². The zero-order valence-electron chi connectivity index (χ0n) is 11.5. The molecule has 1 amide bonds. The van der Waals surface area contributed by atoms with Crippen LogP contribution in [0.2, 0.25) is 5.02 Å². The predicted octanol–water partition coefficient (Wildman–Crippen LogP) is 2.52. The van der Waals surface area contributed by atoms with Crippen molar-refractivity contribution in [1.29, 1.82) is 0 Å². The van der Waals surface area contributed by atoms with Crippen LogP contribution in [0, 0.1) is 0 Å². The van der Waals surface area contributed by atoms with Gasteiger partial charge in [-0.2, -0.15) is 0 Å². The number of hydrogen-bond acceptors (Lipinski definition) is 3. The predicted molar refractivity (Wildman–Crippen MR) is 75.4 cm³/mol. The maximum absolute atomic E-state index is 11.7. The van der Waals surface area contributed by atoms with E-state index in [2.05, 4.69) is 5.32 Å². The number of benzene rings is 1. The van der Waals surface area contributed by atoms with Gasteiger partial charge in [0.2, 0.25) is 0 Å². The van der Waals surface area contributed by atoms with Gasteiger partial charge in [-0.1, -0.05) is 24.6 Å². The molecule has 0 saturated carbocycles. The van der Waals surface area contributed by atoms with E-state index in [1.807, 2.05) is 20.8 Å². The number of ether oxygens (including phenoxy) is 1. The average Bonchev–Trinajstić information content (AvgIpc) is 2.36. The Morgan fingerprint density at radius 1 is 1.47 bits per heavy atom. The Balaban J connectivity index is 2.63. The summed E-state index contributed by atoms with van der Waals surface area (Å²) < 4.78 is 5.40. The van der Waals surface area contributed by atoms with Crippen molar-refractivity contribution < 1.29 is 14.6 Å². The van der Waals surface area contributed by atoms with Gasteiger partial charge in [-0.15, -0.1) is 0 Å². The highest BCUT2D eigenvalue weighted by atomic mass is 35.5. The minimum absolute atomic E-state index is 0.100. The molecule has 0 aliphatic rings. The van der Waals surface area contributed by atoms with Crippen molar-refractivity contribution in [3.05, 3.63) is 28.8 Å². The molecule has 0 spiro atoms. The van der Waals surface area contributed by atoms with E-state index in [4.69, 9.17) is 16.3 Å². The number of aliphatic hydroxyl groups excluding tert-OH is 1. The Morgan fingerprint density at radius 2 is 2.16 bits per heavy atom. The first kappa shape index (κ1) is 15.8. The summed E-state index contributed by atoms with van der Waals surface area (Å²) in [7, 11) is 0. The first-order chi connectivity index (χ1) is 8.89. The zero-order valence-corrected chi connectivity index (χ0v) is 12.3. The average molecular weight is 286 g/mol. The molecule has 0 radical (unpaired) electrons. The molecule has 19 heavy (non-hydrogen) atoms. The van der Waals surface area contributed by atoms with Crippen molar-refractivity contribution in [1.82, 2.24) is 5.32 Å². The van der Waals surface area contributed by atoms with Crippen LogP contribution in [0.1, 0.15) is 32.8 Å². The SMILES string of the molecule is CCC(C)(C)NC(=O)COc1cccc(Cl)c1CO. The van der Waals surface area contributed by atoms with Gasteiger partial charge in [0.05, 0.1) is 6.61 Å². The van der Waals surface area contributed by atoms with E-state index in [1.165, 1.54) is 0 Å². The molecule has 4 nitrogen and oxygen atoms in total. The van der Waals surface area contributed by atoms with Crippen molar-refractivity contribution in [3.63, 3.8) is 0 Å². The molecule has 2 N–H and O–H groups in total.